The molecule has 0 aromatic heterocycles. The van der Waals surface area contributed by atoms with Crippen LogP contribution in [0.5, 0.6) is 5.75 Å². The Hall–Kier alpha value is -1.99. The van der Waals surface area contributed by atoms with Gasteiger partial charge >= 0.3 is 5.97 Å². The average Bonchev–Trinajstić information content (AvgIpc) is 2.86. The molecule has 2 saturated carbocycles. The predicted molar refractivity (Wildman–Crippen MR) is 97.4 cm³/mol. The second-order valence-corrected chi connectivity index (χ2v) is 8.51. The molecule has 0 saturated heterocycles. The molecule has 4 nitrogen and oxygen atoms in total. The number of hydrogen-bond acceptors (Lipinski definition) is 4. The molecule has 3 aliphatic rings. The molecule has 1 aromatic rings. The smallest absolute Gasteiger partial charge is 0.304 e. The number of esters is 1. The molecule has 0 spiro atoms. The third-order valence-corrected chi connectivity index (χ3v) is 7.36. The van der Waals surface area contributed by atoms with Crippen LogP contribution in [0.4, 0.5) is 0 Å². The molecule has 2 fully saturated rings. The van der Waals surface area contributed by atoms with Crippen molar-refractivity contribution in [3.05, 3.63) is 29.3 Å². The van der Waals surface area contributed by atoms with Crippen LogP contribution in [-0.4, -0.2) is 27.9 Å². The van der Waals surface area contributed by atoms with Gasteiger partial charge in [0.15, 0.2) is 5.60 Å². The van der Waals surface area contributed by atoms with Gasteiger partial charge in [0.1, 0.15) is 5.75 Å². The summed E-state index contributed by atoms with van der Waals surface area (Å²) in [4.78, 5) is 11.7. The number of aliphatic hydroxyl groups excluding tert-OH is 1. The molecule has 0 bridgehead atoms. The summed E-state index contributed by atoms with van der Waals surface area (Å²) in [6.07, 6.45) is 9.28. The second kappa shape index (κ2) is 5.76. The second-order valence-electron chi connectivity index (χ2n) is 8.51. The predicted octanol–water partition coefficient (Wildman–Crippen LogP) is 3.15. The topological polar surface area (TPSA) is 66.8 Å². The summed E-state index contributed by atoms with van der Waals surface area (Å²) in [5.74, 6) is 3.41. The summed E-state index contributed by atoms with van der Waals surface area (Å²) in [6.45, 7) is 3.50. The number of phenols is 1. The first-order valence-electron chi connectivity index (χ1n) is 9.48. The number of aliphatic hydroxyl groups is 1. The highest BCUT2D eigenvalue weighted by Crippen LogP contribution is 2.65. The van der Waals surface area contributed by atoms with Crippen molar-refractivity contribution in [3.8, 4) is 18.1 Å². The molecule has 0 unspecified atom stereocenters. The molecule has 0 heterocycles. The number of aromatic hydroxyl groups is 1. The lowest BCUT2D eigenvalue weighted by molar-refractivity contribution is -0.171. The highest BCUT2D eigenvalue weighted by Gasteiger charge is 2.65. The largest absolute Gasteiger partial charge is 0.508 e. The Bertz CT molecular complexity index is 794. The van der Waals surface area contributed by atoms with Crippen molar-refractivity contribution in [2.24, 2.45) is 17.3 Å². The molecule has 138 valence electrons. The number of ether oxygens (including phenoxy) is 1. The first-order chi connectivity index (χ1) is 12.3. The molecular formula is C22H26O4. The lowest BCUT2D eigenvalue weighted by Crippen LogP contribution is -2.55. The van der Waals surface area contributed by atoms with E-state index in [1.807, 2.05) is 12.1 Å². The zero-order chi connectivity index (χ0) is 18.7. The van der Waals surface area contributed by atoms with E-state index >= 15 is 0 Å². The summed E-state index contributed by atoms with van der Waals surface area (Å²) < 4.78 is 5.71. The quantitative estimate of drug-likeness (QED) is 0.601. The maximum Gasteiger partial charge on any atom is 0.304 e. The monoisotopic (exact) mass is 354 g/mol. The molecular weight excluding hydrogens is 328 g/mol. The summed E-state index contributed by atoms with van der Waals surface area (Å²) in [5, 5.41) is 20.9. The fourth-order valence-electron chi connectivity index (χ4n) is 6.32. The zero-order valence-corrected chi connectivity index (χ0v) is 15.4. The molecule has 6 atom stereocenters. The molecule has 4 heteroatoms. The maximum absolute atomic E-state index is 11.7. The van der Waals surface area contributed by atoms with Crippen LogP contribution >= 0.6 is 0 Å². The molecule has 1 aromatic carbocycles. The number of hydrogen-bond donors (Lipinski definition) is 2. The van der Waals surface area contributed by atoms with Crippen LogP contribution in [0.25, 0.3) is 0 Å². The molecule has 26 heavy (non-hydrogen) atoms. The van der Waals surface area contributed by atoms with Crippen molar-refractivity contribution >= 4 is 5.97 Å². The minimum Gasteiger partial charge on any atom is -0.508 e. The van der Waals surface area contributed by atoms with Gasteiger partial charge in [-0.3, -0.25) is 4.79 Å². The van der Waals surface area contributed by atoms with Crippen LogP contribution in [0.3, 0.4) is 0 Å². The Labute approximate surface area is 154 Å². The van der Waals surface area contributed by atoms with E-state index in [0.29, 0.717) is 24.7 Å². The van der Waals surface area contributed by atoms with Gasteiger partial charge in [-0.2, -0.15) is 0 Å². The fraction of sp³-hybridized carbons (Fsp3) is 0.591. The van der Waals surface area contributed by atoms with E-state index in [2.05, 4.69) is 12.8 Å². The summed E-state index contributed by atoms with van der Waals surface area (Å²) in [7, 11) is 0. The number of carbonyl (C=O) groups is 1. The first kappa shape index (κ1) is 17.4. The average molecular weight is 354 g/mol. The maximum atomic E-state index is 11.7. The molecule has 0 amide bonds. The van der Waals surface area contributed by atoms with Crippen molar-refractivity contribution in [2.45, 2.75) is 63.6 Å². The zero-order valence-electron chi connectivity index (χ0n) is 15.4. The third-order valence-electron chi connectivity index (χ3n) is 7.36. The highest BCUT2D eigenvalue weighted by atomic mass is 16.6. The molecule has 3 aliphatic carbocycles. The minimum atomic E-state index is -0.926. The SMILES string of the molecule is C#C[C@]1(OC(C)=O)CC[C@H]2[C@H]3CCc4cc(O)ccc4[C@@H]3[C@@H](O)C[C@@]21C. The normalized spacial score (nSPS) is 40.7. The van der Waals surface area contributed by atoms with Crippen molar-refractivity contribution in [2.75, 3.05) is 0 Å². The Morgan fingerprint density at radius 2 is 2.15 bits per heavy atom. The van der Waals surface area contributed by atoms with E-state index in [0.717, 1.165) is 30.4 Å². The lowest BCUT2D eigenvalue weighted by atomic mass is 9.52. The number of fused-ring (bicyclic) bond motifs is 5. The van der Waals surface area contributed by atoms with E-state index in [1.165, 1.54) is 6.92 Å². The van der Waals surface area contributed by atoms with Gasteiger partial charge in [0.25, 0.3) is 0 Å². The number of benzene rings is 1. The van der Waals surface area contributed by atoms with Crippen molar-refractivity contribution in [1.29, 1.82) is 0 Å². The van der Waals surface area contributed by atoms with Gasteiger partial charge in [0.05, 0.1) is 6.10 Å². The number of phenolic OH excluding ortho intramolecular Hbond substituents is 1. The molecule has 2 N–H and O–H groups in total. The van der Waals surface area contributed by atoms with E-state index in [4.69, 9.17) is 11.2 Å². The van der Waals surface area contributed by atoms with Gasteiger partial charge in [-0.15, -0.1) is 6.42 Å². The van der Waals surface area contributed by atoms with Crippen LogP contribution in [-0.2, 0) is 16.0 Å². The van der Waals surface area contributed by atoms with Crippen LogP contribution < -0.4 is 0 Å². The van der Waals surface area contributed by atoms with Crippen molar-refractivity contribution in [3.63, 3.8) is 0 Å². The number of carbonyl (C=O) groups excluding carboxylic acids is 1. The van der Waals surface area contributed by atoms with Crippen LogP contribution in [0, 0.1) is 29.6 Å². The first-order valence-corrected chi connectivity index (χ1v) is 9.48. The van der Waals surface area contributed by atoms with E-state index < -0.39 is 17.1 Å². The lowest BCUT2D eigenvalue weighted by Gasteiger charge is -2.54. The van der Waals surface area contributed by atoms with Gasteiger partial charge in [-0.25, -0.2) is 0 Å². The summed E-state index contributed by atoms with van der Waals surface area (Å²) >= 11 is 0. The Morgan fingerprint density at radius 3 is 2.85 bits per heavy atom. The Morgan fingerprint density at radius 1 is 1.38 bits per heavy atom. The number of rotatable bonds is 1. The van der Waals surface area contributed by atoms with E-state index in [-0.39, 0.29) is 17.6 Å². The van der Waals surface area contributed by atoms with Crippen LogP contribution in [0.15, 0.2) is 18.2 Å². The van der Waals surface area contributed by atoms with Crippen LogP contribution in [0.1, 0.15) is 56.6 Å². The van der Waals surface area contributed by atoms with Gasteiger partial charge in [-0.05, 0) is 67.2 Å². The van der Waals surface area contributed by atoms with Crippen molar-refractivity contribution < 1.29 is 19.7 Å². The Balaban J connectivity index is 1.75. The van der Waals surface area contributed by atoms with Gasteiger partial charge in [0, 0.05) is 18.3 Å². The third kappa shape index (κ3) is 2.23. The highest BCUT2D eigenvalue weighted by molar-refractivity contribution is 5.67. The van der Waals surface area contributed by atoms with Gasteiger partial charge < -0.3 is 14.9 Å². The van der Waals surface area contributed by atoms with Gasteiger partial charge in [0.2, 0.25) is 0 Å². The summed E-state index contributed by atoms with van der Waals surface area (Å²) in [5.41, 5.74) is 0.946. The van der Waals surface area contributed by atoms with Gasteiger partial charge in [-0.1, -0.05) is 18.9 Å². The van der Waals surface area contributed by atoms with E-state index in [1.54, 1.807) is 6.07 Å². The fourth-order valence-corrected chi connectivity index (χ4v) is 6.32. The minimum absolute atomic E-state index is 0.0586. The molecule has 0 aliphatic heterocycles. The standard InChI is InChI=1S/C22H26O4/c1-4-22(26-13(2)23)10-9-18-17-7-5-14-11-15(24)6-8-16(14)20(17)19(25)12-21(18,22)3/h1,6,8,11,17-20,24-25H,5,7,9-10,12H2,2-3H3/t17-,18+,19+,20+,21+,22+/m1/s1. The number of terminal acetylenes is 1. The van der Waals surface area contributed by atoms with Crippen LogP contribution in [0.2, 0.25) is 0 Å². The van der Waals surface area contributed by atoms with E-state index in [9.17, 15) is 15.0 Å². The molecule has 4 rings (SSSR count). The number of aryl methyl sites for hydroxylation is 1. The summed E-state index contributed by atoms with van der Waals surface area (Å²) in [6, 6.07) is 5.50. The molecule has 0 radical (unpaired) electrons. The van der Waals surface area contributed by atoms with Crippen molar-refractivity contribution in [1.82, 2.24) is 0 Å². The Kier molecular flexibility index (Phi) is 3.86.